The Bertz CT molecular complexity index is 3210. The summed E-state index contributed by atoms with van der Waals surface area (Å²) in [5, 5.41) is 2.62. The van der Waals surface area contributed by atoms with Gasteiger partial charge in [0.05, 0.1) is 11.4 Å². The molecule has 0 spiro atoms. The molecule has 9 aromatic carbocycles. The fraction of sp³-hybridized carbons (Fsp3) is 0.0526. The molecule has 0 saturated carbocycles. The molecular weight excluding hydrogens is 731 g/mol. The SMILES string of the molecule is CC1(C)c2ccccc2-c2cc(-c3ccccc3-c3ccccc3N(c3cccc(-c4ccccc4)c3)c3ccccc3-c3ccc4c(c3)sc3ccccc34)ccc21. The third-order valence-corrected chi connectivity index (χ3v) is 13.4. The third-order valence-electron chi connectivity index (χ3n) is 12.3. The Labute approximate surface area is 350 Å². The van der Waals surface area contributed by atoms with Crippen LogP contribution in [0.5, 0.6) is 0 Å². The van der Waals surface area contributed by atoms with Crippen LogP contribution in [0.15, 0.2) is 212 Å². The van der Waals surface area contributed by atoms with E-state index < -0.39 is 0 Å². The monoisotopic (exact) mass is 771 g/mol. The second-order valence-electron chi connectivity index (χ2n) is 16.1. The number of hydrogen-bond donors (Lipinski definition) is 0. The standard InChI is InChI=1S/C57H41NS/c1-57(2)51-27-12-8-24-46(51)50-36-40(32-34-52(50)57)43-21-6-7-23-45(43)47-25-10-14-29-54(47)58(42-20-16-19-39(35-42)38-17-4-3-5-18-38)53-28-13-9-22-44(53)41-31-33-49-48-26-11-15-30-55(48)59-56(49)37-41/h3-37H,1-2H3. The van der Waals surface area contributed by atoms with E-state index in [9.17, 15) is 0 Å². The van der Waals surface area contributed by atoms with Crippen molar-refractivity contribution in [2.45, 2.75) is 19.3 Å². The average Bonchev–Trinajstić information content (AvgIpc) is 3.78. The first kappa shape index (κ1) is 35.2. The lowest BCUT2D eigenvalue weighted by atomic mass is 9.82. The van der Waals surface area contributed by atoms with Crippen molar-refractivity contribution in [3.8, 4) is 55.6 Å². The molecule has 2 heteroatoms. The molecule has 1 aromatic heterocycles. The highest BCUT2D eigenvalue weighted by Crippen LogP contribution is 2.51. The van der Waals surface area contributed by atoms with Crippen LogP contribution in [-0.4, -0.2) is 0 Å². The van der Waals surface area contributed by atoms with Gasteiger partial charge in [-0.15, -0.1) is 11.3 Å². The molecule has 10 aromatic rings. The topological polar surface area (TPSA) is 3.24 Å². The van der Waals surface area contributed by atoms with E-state index in [-0.39, 0.29) is 5.41 Å². The van der Waals surface area contributed by atoms with Gasteiger partial charge >= 0.3 is 0 Å². The smallest absolute Gasteiger partial charge is 0.0540 e. The molecule has 0 aliphatic heterocycles. The minimum atomic E-state index is -0.0414. The molecule has 0 bridgehead atoms. The van der Waals surface area contributed by atoms with Gasteiger partial charge in [0.25, 0.3) is 0 Å². The number of thiophene rings is 1. The van der Waals surface area contributed by atoms with Crippen LogP contribution >= 0.6 is 11.3 Å². The zero-order valence-corrected chi connectivity index (χ0v) is 33.9. The molecule has 59 heavy (non-hydrogen) atoms. The number of anilines is 3. The number of nitrogens with zero attached hydrogens (tertiary/aromatic N) is 1. The Morgan fingerprint density at radius 2 is 0.915 bits per heavy atom. The van der Waals surface area contributed by atoms with E-state index in [0.29, 0.717) is 0 Å². The molecule has 0 N–H and O–H groups in total. The zero-order chi connectivity index (χ0) is 39.5. The molecule has 0 atom stereocenters. The molecule has 0 saturated heterocycles. The third kappa shape index (κ3) is 5.91. The summed E-state index contributed by atoms with van der Waals surface area (Å²) in [5.41, 5.74) is 18.3. The van der Waals surface area contributed by atoms with E-state index in [1.54, 1.807) is 0 Å². The van der Waals surface area contributed by atoms with Gasteiger partial charge < -0.3 is 4.90 Å². The molecule has 1 heterocycles. The molecule has 0 radical (unpaired) electrons. The van der Waals surface area contributed by atoms with Gasteiger partial charge in [-0.25, -0.2) is 0 Å². The molecule has 280 valence electrons. The quantitative estimate of drug-likeness (QED) is 0.156. The number of hydrogen-bond acceptors (Lipinski definition) is 2. The summed E-state index contributed by atoms with van der Waals surface area (Å²) < 4.78 is 2.61. The fourth-order valence-corrected chi connectivity index (χ4v) is 10.6. The summed E-state index contributed by atoms with van der Waals surface area (Å²) in [6.45, 7) is 4.70. The summed E-state index contributed by atoms with van der Waals surface area (Å²) in [5.74, 6) is 0. The molecule has 11 rings (SSSR count). The fourth-order valence-electron chi connectivity index (χ4n) is 9.42. The van der Waals surface area contributed by atoms with Gasteiger partial charge in [-0.2, -0.15) is 0 Å². The van der Waals surface area contributed by atoms with Gasteiger partial charge in [-0.05, 0) is 98.1 Å². The molecular formula is C57H41NS. The van der Waals surface area contributed by atoms with Crippen LogP contribution in [0.4, 0.5) is 17.1 Å². The molecule has 1 aliphatic carbocycles. The summed E-state index contributed by atoms with van der Waals surface area (Å²) in [4.78, 5) is 2.48. The van der Waals surface area contributed by atoms with Crippen LogP contribution in [0.25, 0.3) is 75.8 Å². The Morgan fingerprint density at radius 3 is 1.75 bits per heavy atom. The van der Waals surface area contributed by atoms with Gasteiger partial charge in [0.1, 0.15) is 0 Å². The highest BCUT2D eigenvalue weighted by molar-refractivity contribution is 7.25. The minimum Gasteiger partial charge on any atom is -0.309 e. The Hall–Kier alpha value is -7.00. The van der Waals surface area contributed by atoms with Crippen LogP contribution in [-0.2, 0) is 5.41 Å². The minimum absolute atomic E-state index is 0.0414. The summed E-state index contributed by atoms with van der Waals surface area (Å²) >= 11 is 1.87. The first-order chi connectivity index (χ1) is 29.0. The van der Waals surface area contributed by atoms with Gasteiger partial charge in [0.2, 0.25) is 0 Å². The molecule has 1 aliphatic rings. The van der Waals surface area contributed by atoms with E-state index in [1.807, 2.05) is 11.3 Å². The van der Waals surface area contributed by atoms with E-state index in [2.05, 4.69) is 231 Å². The lowest BCUT2D eigenvalue weighted by Crippen LogP contribution is -2.14. The lowest BCUT2D eigenvalue weighted by Gasteiger charge is -2.30. The van der Waals surface area contributed by atoms with Crippen molar-refractivity contribution >= 4 is 48.6 Å². The van der Waals surface area contributed by atoms with Gasteiger partial charge in [0, 0.05) is 42.4 Å². The zero-order valence-electron chi connectivity index (χ0n) is 33.1. The van der Waals surface area contributed by atoms with Crippen LogP contribution in [0, 0.1) is 0 Å². The number of benzene rings is 9. The largest absolute Gasteiger partial charge is 0.309 e. The normalized spacial score (nSPS) is 12.7. The van der Waals surface area contributed by atoms with E-state index in [4.69, 9.17) is 0 Å². The number of fused-ring (bicyclic) bond motifs is 6. The highest BCUT2D eigenvalue weighted by Gasteiger charge is 2.35. The molecule has 0 fully saturated rings. The Balaban J connectivity index is 1.11. The van der Waals surface area contributed by atoms with Crippen molar-refractivity contribution < 1.29 is 0 Å². The van der Waals surface area contributed by atoms with Crippen molar-refractivity contribution in [2.24, 2.45) is 0 Å². The maximum absolute atomic E-state index is 2.48. The maximum atomic E-state index is 2.48. The lowest BCUT2D eigenvalue weighted by molar-refractivity contribution is 0.660. The predicted octanol–water partition coefficient (Wildman–Crippen LogP) is 16.5. The number of para-hydroxylation sites is 2. The van der Waals surface area contributed by atoms with Crippen LogP contribution in [0.1, 0.15) is 25.0 Å². The van der Waals surface area contributed by atoms with E-state index in [0.717, 1.165) is 17.1 Å². The second kappa shape index (κ2) is 14.1. The predicted molar refractivity (Wildman–Crippen MR) is 253 cm³/mol. The summed E-state index contributed by atoms with van der Waals surface area (Å²) in [6, 6.07) is 78.2. The van der Waals surface area contributed by atoms with Crippen LogP contribution < -0.4 is 4.90 Å². The van der Waals surface area contributed by atoms with Crippen LogP contribution in [0.3, 0.4) is 0 Å². The van der Waals surface area contributed by atoms with E-state index >= 15 is 0 Å². The second-order valence-corrected chi connectivity index (χ2v) is 17.2. The Morgan fingerprint density at radius 1 is 0.339 bits per heavy atom. The van der Waals surface area contributed by atoms with Gasteiger partial charge in [0.15, 0.2) is 0 Å². The number of rotatable bonds is 7. The van der Waals surface area contributed by atoms with Crippen molar-refractivity contribution in [2.75, 3.05) is 4.90 Å². The van der Waals surface area contributed by atoms with Crippen molar-refractivity contribution in [3.63, 3.8) is 0 Å². The Kier molecular flexibility index (Phi) is 8.43. The molecule has 0 unspecified atom stereocenters. The van der Waals surface area contributed by atoms with Gasteiger partial charge in [-0.1, -0.05) is 184 Å². The van der Waals surface area contributed by atoms with Crippen molar-refractivity contribution in [1.29, 1.82) is 0 Å². The van der Waals surface area contributed by atoms with Crippen molar-refractivity contribution in [3.05, 3.63) is 223 Å². The highest BCUT2D eigenvalue weighted by atomic mass is 32.1. The van der Waals surface area contributed by atoms with E-state index in [1.165, 1.54) is 86.9 Å². The first-order valence-electron chi connectivity index (χ1n) is 20.4. The van der Waals surface area contributed by atoms with Gasteiger partial charge in [-0.3, -0.25) is 0 Å². The molecule has 1 nitrogen and oxygen atoms in total. The molecule has 0 amide bonds. The summed E-state index contributed by atoms with van der Waals surface area (Å²) in [7, 11) is 0. The average molecular weight is 772 g/mol. The summed E-state index contributed by atoms with van der Waals surface area (Å²) in [6.07, 6.45) is 0. The first-order valence-corrected chi connectivity index (χ1v) is 21.2. The maximum Gasteiger partial charge on any atom is 0.0540 e. The van der Waals surface area contributed by atoms with Crippen LogP contribution in [0.2, 0.25) is 0 Å². The van der Waals surface area contributed by atoms with Crippen molar-refractivity contribution in [1.82, 2.24) is 0 Å².